The summed E-state index contributed by atoms with van der Waals surface area (Å²) in [6.07, 6.45) is 1.43. The second-order valence-corrected chi connectivity index (χ2v) is 7.25. The summed E-state index contributed by atoms with van der Waals surface area (Å²) in [5.74, 6) is 0.116. The summed E-state index contributed by atoms with van der Waals surface area (Å²) >= 11 is 0. The largest absolute Gasteiger partial charge is 0.312 e. The van der Waals surface area contributed by atoms with Crippen molar-refractivity contribution in [3.05, 3.63) is 54.1 Å². The van der Waals surface area contributed by atoms with Crippen molar-refractivity contribution < 1.29 is 13.2 Å². The lowest BCUT2D eigenvalue weighted by Gasteiger charge is -2.19. The third kappa shape index (κ3) is 3.22. The number of carbonyl (C=O) groups is 1. The normalized spacial score (nSPS) is 15.0. The predicted octanol–water partition coefficient (Wildman–Crippen LogP) is 2.92. The van der Waals surface area contributed by atoms with Gasteiger partial charge in [-0.05, 0) is 49.2 Å². The molecule has 0 unspecified atom stereocenters. The van der Waals surface area contributed by atoms with Gasteiger partial charge in [0.1, 0.15) is 0 Å². The summed E-state index contributed by atoms with van der Waals surface area (Å²) < 4.78 is 27.2. The molecule has 0 spiro atoms. The van der Waals surface area contributed by atoms with E-state index in [0.717, 1.165) is 24.2 Å². The average Bonchev–Trinajstić information content (AvgIpc) is 2.94. The lowest BCUT2D eigenvalue weighted by molar-refractivity contribution is -0.117. The van der Waals surface area contributed by atoms with Gasteiger partial charge in [0.15, 0.2) is 0 Å². The standard InChI is InChI=1S/C17H18N2O3S/c1-13-12-14(9-10-16(13)19-11-5-8-17(19)20)18-23(21,22)15-6-3-2-4-7-15/h2-4,6-7,9-10,12,18H,5,8,11H2,1H3. The molecule has 0 radical (unpaired) electrons. The van der Waals surface area contributed by atoms with Crippen molar-refractivity contribution in [1.82, 2.24) is 0 Å². The highest BCUT2D eigenvalue weighted by Crippen LogP contribution is 2.28. The molecule has 0 saturated carbocycles. The van der Waals surface area contributed by atoms with Crippen LogP contribution in [0.25, 0.3) is 0 Å². The van der Waals surface area contributed by atoms with E-state index in [2.05, 4.69) is 4.72 Å². The lowest BCUT2D eigenvalue weighted by Crippen LogP contribution is -2.24. The summed E-state index contributed by atoms with van der Waals surface area (Å²) in [6.45, 7) is 2.59. The third-order valence-electron chi connectivity index (χ3n) is 3.87. The second kappa shape index (κ2) is 6.04. The first kappa shape index (κ1) is 15.6. The first-order chi connectivity index (χ1) is 11.0. The van der Waals surface area contributed by atoms with Crippen molar-refractivity contribution in [1.29, 1.82) is 0 Å². The molecule has 6 heteroatoms. The van der Waals surface area contributed by atoms with Gasteiger partial charge in [0, 0.05) is 24.3 Å². The number of hydrogen-bond acceptors (Lipinski definition) is 3. The molecule has 0 bridgehead atoms. The zero-order valence-electron chi connectivity index (χ0n) is 12.8. The number of sulfonamides is 1. The van der Waals surface area contributed by atoms with E-state index >= 15 is 0 Å². The maximum atomic E-state index is 12.3. The molecule has 1 amide bonds. The van der Waals surface area contributed by atoms with Gasteiger partial charge in [0.2, 0.25) is 5.91 Å². The topological polar surface area (TPSA) is 66.5 Å². The lowest BCUT2D eigenvalue weighted by atomic mass is 10.1. The SMILES string of the molecule is Cc1cc(NS(=O)(=O)c2ccccc2)ccc1N1CCCC1=O. The van der Waals surface area contributed by atoms with Crippen LogP contribution in [0.2, 0.25) is 0 Å². The summed E-state index contributed by atoms with van der Waals surface area (Å²) in [4.78, 5) is 13.8. The molecule has 120 valence electrons. The molecule has 1 heterocycles. The number of aryl methyl sites for hydroxylation is 1. The summed E-state index contributed by atoms with van der Waals surface area (Å²) in [5.41, 5.74) is 2.20. The molecule has 1 saturated heterocycles. The minimum absolute atomic E-state index is 0.116. The minimum atomic E-state index is -3.60. The zero-order chi connectivity index (χ0) is 16.4. The Kier molecular flexibility index (Phi) is 4.09. The molecular formula is C17H18N2O3S. The molecule has 5 nitrogen and oxygen atoms in total. The first-order valence-corrected chi connectivity index (χ1v) is 8.94. The summed E-state index contributed by atoms with van der Waals surface area (Å²) in [7, 11) is -3.60. The quantitative estimate of drug-likeness (QED) is 0.937. The number of benzene rings is 2. The van der Waals surface area contributed by atoms with Gasteiger partial charge in [-0.1, -0.05) is 18.2 Å². The number of anilines is 2. The summed E-state index contributed by atoms with van der Waals surface area (Å²) in [6, 6.07) is 13.5. The summed E-state index contributed by atoms with van der Waals surface area (Å²) in [5, 5.41) is 0. The molecule has 23 heavy (non-hydrogen) atoms. The van der Waals surface area contributed by atoms with Crippen molar-refractivity contribution >= 4 is 27.3 Å². The Morgan fingerprint density at radius 2 is 1.83 bits per heavy atom. The number of amides is 1. The van der Waals surface area contributed by atoms with Gasteiger partial charge >= 0.3 is 0 Å². The number of rotatable bonds is 4. The van der Waals surface area contributed by atoms with Crippen molar-refractivity contribution in [2.75, 3.05) is 16.2 Å². The maximum absolute atomic E-state index is 12.3. The van der Waals surface area contributed by atoms with E-state index in [1.165, 1.54) is 0 Å². The molecule has 1 aliphatic rings. The Hall–Kier alpha value is -2.34. The fourth-order valence-electron chi connectivity index (χ4n) is 2.74. The monoisotopic (exact) mass is 330 g/mol. The van der Waals surface area contributed by atoms with E-state index in [1.807, 2.05) is 6.92 Å². The smallest absolute Gasteiger partial charge is 0.261 e. The Morgan fingerprint density at radius 3 is 2.43 bits per heavy atom. The molecule has 2 aromatic carbocycles. The number of nitrogens with one attached hydrogen (secondary N) is 1. The van der Waals surface area contributed by atoms with E-state index in [-0.39, 0.29) is 10.8 Å². The molecule has 2 aromatic rings. The van der Waals surface area contributed by atoms with Gasteiger partial charge in [-0.3, -0.25) is 9.52 Å². The van der Waals surface area contributed by atoms with Crippen LogP contribution in [0.15, 0.2) is 53.4 Å². The molecule has 1 N–H and O–H groups in total. The average molecular weight is 330 g/mol. The van der Waals surface area contributed by atoms with Gasteiger partial charge in [-0.2, -0.15) is 0 Å². The highest BCUT2D eigenvalue weighted by atomic mass is 32.2. The van der Waals surface area contributed by atoms with Gasteiger partial charge in [-0.25, -0.2) is 8.42 Å². The van der Waals surface area contributed by atoms with Crippen LogP contribution in [-0.2, 0) is 14.8 Å². The third-order valence-corrected chi connectivity index (χ3v) is 5.26. The number of carbonyl (C=O) groups excluding carboxylic acids is 1. The zero-order valence-corrected chi connectivity index (χ0v) is 13.6. The molecule has 1 fully saturated rings. The van der Waals surface area contributed by atoms with Crippen LogP contribution in [0.5, 0.6) is 0 Å². The first-order valence-electron chi connectivity index (χ1n) is 7.46. The number of nitrogens with zero attached hydrogens (tertiary/aromatic N) is 1. The van der Waals surface area contributed by atoms with Crippen molar-refractivity contribution in [3.8, 4) is 0 Å². The molecule has 0 aromatic heterocycles. The van der Waals surface area contributed by atoms with Gasteiger partial charge in [-0.15, -0.1) is 0 Å². The van der Waals surface area contributed by atoms with Gasteiger partial charge in [0.05, 0.1) is 4.90 Å². The fourth-order valence-corrected chi connectivity index (χ4v) is 3.81. The second-order valence-electron chi connectivity index (χ2n) is 5.57. The van der Waals surface area contributed by atoms with Gasteiger partial charge in [0.25, 0.3) is 10.0 Å². The highest BCUT2D eigenvalue weighted by molar-refractivity contribution is 7.92. The Bertz CT molecular complexity index is 832. The van der Waals surface area contributed by atoms with Crippen LogP contribution < -0.4 is 9.62 Å². The minimum Gasteiger partial charge on any atom is -0.312 e. The predicted molar refractivity (Wildman–Crippen MR) is 90.0 cm³/mol. The maximum Gasteiger partial charge on any atom is 0.261 e. The molecule has 1 aliphatic heterocycles. The van der Waals surface area contributed by atoms with E-state index in [0.29, 0.717) is 12.1 Å². The molecule has 3 rings (SSSR count). The van der Waals surface area contributed by atoms with Crippen LogP contribution in [0.3, 0.4) is 0 Å². The van der Waals surface area contributed by atoms with Crippen LogP contribution in [0.4, 0.5) is 11.4 Å². The molecule has 0 atom stereocenters. The Labute approximate surface area is 136 Å². The van der Waals surface area contributed by atoms with Crippen molar-refractivity contribution in [3.63, 3.8) is 0 Å². The van der Waals surface area contributed by atoms with E-state index in [1.54, 1.807) is 53.4 Å². The van der Waals surface area contributed by atoms with E-state index in [9.17, 15) is 13.2 Å². The van der Waals surface area contributed by atoms with Crippen molar-refractivity contribution in [2.24, 2.45) is 0 Å². The fraction of sp³-hybridized carbons (Fsp3) is 0.235. The van der Waals surface area contributed by atoms with Crippen LogP contribution in [0.1, 0.15) is 18.4 Å². The van der Waals surface area contributed by atoms with Crippen LogP contribution >= 0.6 is 0 Å². The molecule has 0 aliphatic carbocycles. The van der Waals surface area contributed by atoms with E-state index in [4.69, 9.17) is 0 Å². The van der Waals surface area contributed by atoms with E-state index < -0.39 is 10.0 Å². The van der Waals surface area contributed by atoms with Crippen LogP contribution in [0, 0.1) is 6.92 Å². The highest BCUT2D eigenvalue weighted by Gasteiger charge is 2.23. The van der Waals surface area contributed by atoms with Crippen molar-refractivity contribution in [2.45, 2.75) is 24.7 Å². The number of hydrogen-bond donors (Lipinski definition) is 1. The van der Waals surface area contributed by atoms with Gasteiger partial charge < -0.3 is 4.90 Å². The Balaban J connectivity index is 1.85. The Morgan fingerprint density at radius 1 is 1.09 bits per heavy atom. The molecular weight excluding hydrogens is 312 g/mol. The van der Waals surface area contributed by atoms with Crippen LogP contribution in [-0.4, -0.2) is 20.9 Å².